The van der Waals surface area contributed by atoms with Gasteiger partial charge in [0.1, 0.15) is 0 Å². The van der Waals surface area contributed by atoms with Crippen molar-refractivity contribution >= 4 is 5.91 Å². The first-order valence-electron chi connectivity index (χ1n) is 7.63. The van der Waals surface area contributed by atoms with Gasteiger partial charge in [-0.2, -0.15) is 0 Å². The Balaban J connectivity index is 4.78. The van der Waals surface area contributed by atoms with Gasteiger partial charge in [0.25, 0.3) is 0 Å². The van der Waals surface area contributed by atoms with Gasteiger partial charge in [0.2, 0.25) is 5.91 Å². The van der Waals surface area contributed by atoms with E-state index in [0.29, 0.717) is 12.1 Å². The predicted molar refractivity (Wildman–Crippen MR) is 82.1 cm³/mol. The molecule has 0 aromatic rings. The number of hydrogen-bond donors (Lipinski definition) is 2. The fraction of sp³-hybridized carbons (Fsp3) is 0.933. The van der Waals surface area contributed by atoms with Crippen molar-refractivity contribution in [3.05, 3.63) is 0 Å². The Labute approximate surface area is 119 Å². The molecule has 114 valence electrons. The van der Waals surface area contributed by atoms with Crippen LogP contribution in [0.2, 0.25) is 0 Å². The normalized spacial score (nSPS) is 18.1. The van der Waals surface area contributed by atoms with Gasteiger partial charge in [-0.15, -0.1) is 0 Å². The number of hydrogen-bond acceptors (Lipinski definition) is 3. The van der Waals surface area contributed by atoms with Gasteiger partial charge in [0, 0.05) is 12.1 Å². The monoisotopic (exact) mass is 271 g/mol. The Kier molecular flexibility index (Phi) is 8.26. The van der Waals surface area contributed by atoms with Crippen LogP contribution >= 0.6 is 0 Å². The Morgan fingerprint density at radius 3 is 2.21 bits per heavy atom. The van der Waals surface area contributed by atoms with E-state index in [1.165, 1.54) is 0 Å². The Bertz CT molecular complexity index is 270. The molecule has 0 aliphatic rings. The molecule has 0 aromatic heterocycles. The first kappa shape index (κ1) is 18.4. The van der Waals surface area contributed by atoms with Crippen LogP contribution in [-0.4, -0.2) is 41.5 Å². The van der Waals surface area contributed by atoms with Crippen molar-refractivity contribution in [2.24, 2.45) is 5.73 Å². The zero-order valence-electron chi connectivity index (χ0n) is 13.6. The molecule has 19 heavy (non-hydrogen) atoms. The van der Waals surface area contributed by atoms with Crippen molar-refractivity contribution in [3.63, 3.8) is 0 Å². The highest BCUT2D eigenvalue weighted by molar-refractivity contribution is 5.84. The summed E-state index contributed by atoms with van der Waals surface area (Å²) in [6, 6.07) is 0.866. The number of nitrogens with two attached hydrogens (primary N) is 1. The molecular formula is C15H33N3O. The molecule has 0 spiro atoms. The van der Waals surface area contributed by atoms with E-state index in [1.807, 2.05) is 6.92 Å². The Morgan fingerprint density at radius 2 is 1.84 bits per heavy atom. The number of carbonyl (C=O) groups excluding carboxylic acids is 1. The topological polar surface area (TPSA) is 58.4 Å². The second-order valence-corrected chi connectivity index (χ2v) is 5.76. The molecule has 0 aromatic carbocycles. The lowest BCUT2D eigenvalue weighted by Gasteiger charge is -2.38. The highest BCUT2D eigenvalue weighted by Crippen LogP contribution is 2.19. The molecule has 0 fully saturated rings. The van der Waals surface area contributed by atoms with E-state index >= 15 is 0 Å². The zero-order valence-corrected chi connectivity index (χ0v) is 13.6. The number of nitrogens with one attached hydrogen (secondary N) is 1. The maximum absolute atomic E-state index is 11.8. The van der Waals surface area contributed by atoms with Crippen LogP contribution in [0.15, 0.2) is 0 Å². The minimum atomic E-state index is -0.615. The van der Waals surface area contributed by atoms with Crippen molar-refractivity contribution in [2.45, 2.75) is 78.4 Å². The third kappa shape index (κ3) is 5.49. The summed E-state index contributed by atoms with van der Waals surface area (Å²) in [5.41, 5.74) is 4.98. The van der Waals surface area contributed by atoms with Crippen LogP contribution in [0.4, 0.5) is 0 Å². The fourth-order valence-electron chi connectivity index (χ4n) is 2.66. The quantitative estimate of drug-likeness (QED) is 0.640. The SMILES string of the molecule is CCCNC(C)(CC(C)N(CC)C(C)CC)C(N)=O. The van der Waals surface area contributed by atoms with Crippen LogP contribution in [0.1, 0.15) is 60.8 Å². The fourth-order valence-corrected chi connectivity index (χ4v) is 2.66. The number of nitrogens with zero attached hydrogens (tertiary/aromatic N) is 1. The molecule has 0 heterocycles. The van der Waals surface area contributed by atoms with Crippen molar-refractivity contribution in [1.82, 2.24) is 10.2 Å². The van der Waals surface area contributed by atoms with E-state index < -0.39 is 5.54 Å². The highest BCUT2D eigenvalue weighted by Gasteiger charge is 2.34. The smallest absolute Gasteiger partial charge is 0.237 e. The molecule has 4 nitrogen and oxygen atoms in total. The molecule has 0 radical (unpaired) electrons. The van der Waals surface area contributed by atoms with Crippen LogP contribution in [0.5, 0.6) is 0 Å². The third-order valence-corrected chi connectivity index (χ3v) is 4.10. The van der Waals surface area contributed by atoms with Gasteiger partial charge in [-0.25, -0.2) is 0 Å². The molecule has 3 unspecified atom stereocenters. The summed E-state index contributed by atoms with van der Waals surface area (Å²) in [5.74, 6) is -0.256. The molecule has 0 aliphatic carbocycles. The predicted octanol–water partition coefficient (Wildman–Crippen LogP) is 2.13. The number of rotatable bonds is 10. The van der Waals surface area contributed by atoms with Crippen molar-refractivity contribution in [3.8, 4) is 0 Å². The van der Waals surface area contributed by atoms with Gasteiger partial charge in [0.15, 0.2) is 0 Å². The summed E-state index contributed by atoms with van der Waals surface area (Å²) in [7, 11) is 0. The van der Waals surface area contributed by atoms with Crippen LogP contribution in [-0.2, 0) is 4.79 Å². The number of primary amides is 1. The lowest BCUT2D eigenvalue weighted by Crippen LogP contribution is -2.57. The van der Waals surface area contributed by atoms with Crippen molar-refractivity contribution < 1.29 is 4.79 Å². The minimum Gasteiger partial charge on any atom is -0.368 e. The van der Waals surface area contributed by atoms with E-state index in [1.54, 1.807) is 0 Å². The summed E-state index contributed by atoms with van der Waals surface area (Å²) in [4.78, 5) is 14.2. The molecule has 0 saturated heterocycles. The molecule has 0 rings (SSSR count). The minimum absolute atomic E-state index is 0.256. The third-order valence-electron chi connectivity index (χ3n) is 4.10. The first-order chi connectivity index (χ1) is 8.82. The molecule has 3 N–H and O–H groups in total. The Hall–Kier alpha value is -0.610. The van der Waals surface area contributed by atoms with Gasteiger partial charge in [-0.1, -0.05) is 20.8 Å². The van der Waals surface area contributed by atoms with Crippen LogP contribution in [0.3, 0.4) is 0 Å². The average Bonchev–Trinajstić information content (AvgIpc) is 2.36. The summed E-state index contributed by atoms with van der Waals surface area (Å²) >= 11 is 0. The van der Waals surface area contributed by atoms with E-state index in [-0.39, 0.29) is 5.91 Å². The maximum atomic E-state index is 11.8. The standard InChI is InChI=1S/C15H33N3O/c1-7-10-17-15(6,14(16)19)11-13(5)18(9-3)12(4)8-2/h12-13,17H,7-11H2,1-6H3,(H2,16,19). The van der Waals surface area contributed by atoms with Crippen LogP contribution in [0.25, 0.3) is 0 Å². The second kappa shape index (κ2) is 8.54. The molecular weight excluding hydrogens is 238 g/mol. The van der Waals surface area contributed by atoms with Gasteiger partial charge in [-0.05, 0) is 53.1 Å². The lowest BCUT2D eigenvalue weighted by atomic mass is 9.91. The average molecular weight is 271 g/mol. The summed E-state index contributed by atoms with van der Waals surface area (Å²) < 4.78 is 0. The van der Waals surface area contributed by atoms with Crippen molar-refractivity contribution in [1.29, 1.82) is 0 Å². The molecule has 3 atom stereocenters. The van der Waals surface area contributed by atoms with Crippen LogP contribution in [0, 0.1) is 0 Å². The first-order valence-corrected chi connectivity index (χ1v) is 7.63. The largest absolute Gasteiger partial charge is 0.368 e. The van der Waals surface area contributed by atoms with Gasteiger partial charge < -0.3 is 11.1 Å². The van der Waals surface area contributed by atoms with Gasteiger partial charge in [0.05, 0.1) is 5.54 Å². The summed E-state index contributed by atoms with van der Waals surface area (Å²) in [6.07, 6.45) is 2.87. The molecule has 4 heteroatoms. The zero-order chi connectivity index (χ0) is 15.1. The summed E-state index contributed by atoms with van der Waals surface area (Å²) in [6.45, 7) is 14.6. The second-order valence-electron chi connectivity index (χ2n) is 5.76. The Morgan fingerprint density at radius 1 is 1.26 bits per heavy atom. The highest BCUT2D eigenvalue weighted by atomic mass is 16.1. The van der Waals surface area contributed by atoms with E-state index in [0.717, 1.165) is 32.4 Å². The maximum Gasteiger partial charge on any atom is 0.237 e. The van der Waals surface area contributed by atoms with Gasteiger partial charge >= 0.3 is 0 Å². The number of carbonyl (C=O) groups is 1. The molecule has 0 bridgehead atoms. The van der Waals surface area contributed by atoms with Crippen molar-refractivity contribution in [2.75, 3.05) is 13.1 Å². The lowest BCUT2D eigenvalue weighted by molar-refractivity contribution is -0.124. The summed E-state index contributed by atoms with van der Waals surface area (Å²) in [5, 5.41) is 3.31. The molecule has 0 aliphatic heterocycles. The van der Waals surface area contributed by atoms with Gasteiger partial charge in [-0.3, -0.25) is 9.69 Å². The van der Waals surface area contributed by atoms with E-state index in [4.69, 9.17) is 5.73 Å². The molecule has 1 amide bonds. The molecule has 0 saturated carbocycles. The number of amides is 1. The van der Waals surface area contributed by atoms with Crippen LogP contribution < -0.4 is 11.1 Å². The van der Waals surface area contributed by atoms with E-state index in [2.05, 4.69) is 44.8 Å². The van der Waals surface area contributed by atoms with E-state index in [9.17, 15) is 4.79 Å².